The van der Waals surface area contributed by atoms with Crippen molar-refractivity contribution in [3.05, 3.63) is 17.7 Å². The molecule has 0 aromatic heterocycles. The quantitative estimate of drug-likeness (QED) is 0.839. The smallest absolute Gasteiger partial charge is 0.303 e. The molecule has 0 saturated carbocycles. The average Bonchev–Trinajstić information content (AvgIpc) is 2.54. The summed E-state index contributed by atoms with van der Waals surface area (Å²) in [7, 11) is 3.33. The van der Waals surface area contributed by atoms with Gasteiger partial charge in [-0.25, -0.2) is 0 Å². The highest BCUT2D eigenvalue weighted by Crippen LogP contribution is 2.37. The number of benzene rings is 1. The maximum atomic E-state index is 10.7. The molecule has 5 nitrogen and oxygen atoms in total. The van der Waals surface area contributed by atoms with Crippen molar-refractivity contribution in [2.24, 2.45) is 0 Å². The van der Waals surface area contributed by atoms with Crippen molar-refractivity contribution in [1.29, 1.82) is 0 Å². The molecule has 1 aromatic carbocycles. The van der Waals surface area contributed by atoms with Crippen LogP contribution in [0, 0.1) is 0 Å². The lowest BCUT2D eigenvalue weighted by atomic mass is 10.0. The molecule has 0 radical (unpaired) electrons. The van der Waals surface area contributed by atoms with Gasteiger partial charge in [-0.15, -0.1) is 0 Å². The Morgan fingerprint density at radius 2 is 1.82 bits per heavy atom. The number of carboxylic acids is 1. The minimum absolute atomic E-state index is 0.166. The van der Waals surface area contributed by atoms with Crippen LogP contribution in [-0.2, 0) is 11.2 Å². The maximum Gasteiger partial charge on any atom is 0.303 e. The minimum atomic E-state index is -0.768. The fourth-order valence-corrected chi connectivity index (χ4v) is 2.95. The van der Waals surface area contributed by atoms with Crippen molar-refractivity contribution < 1.29 is 19.4 Å². The standard InChI is InChI=1S/C17H25NO4/c1-21-15-12-14(18-9-4-3-5-10-18)16(22-2)11-13(15)7-6-8-17(19)20/h11-12H,3-10H2,1-2H3,(H,19,20). The molecule has 0 amide bonds. The van der Waals surface area contributed by atoms with Gasteiger partial charge in [-0.1, -0.05) is 0 Å². The van der Waals surface area contributed by atoms with E-state index in [2.05, 4.69) is 4.90 Å². The van der Waals surface area contributed by atoms with Gasteiger partial charge in [0.1, 0.15) is 11.5 Å². The fraction of sp³-hybridized carbons (Fsp3) is 0.588. The Kier molecular flexibility index (Phi) is 5.92. The summed E-state index contributed by atoms with van der Waals surface area (Å²) < 4.78 is 11.1. The molecule has 1 aromatic rings. The van der Waals surface area contributed by atoms with Gasteiger partial charge in [-0.05, 0) is 43.7 Å². The molecule has 1 N–H and O–H groups in total. The van der Waals surface area contributed by atoms with Gasteiger partial charge in [0.25, 0.3) is 0 Å². The van der Waals surface area contributed by atoms with Gasteiger partial charge in [0.05, 0.1) is 19.9 Å². The Morgan fingerprint density at radius 1 is 1.14 bits per heavy atom. The van der Waals surface area contributed by atoms with Crippen molar-refractivity contribution in [2.45, 2.75) is 38.5 Å². The zero-order valence-corrected chi connectivity index (χ0v) is 13.4. The Balaban J connectivity index is 2.22. The van der Waals surface area contributed by atoms with Crippen molar-refractivity contribution >= 4 is 11.7 Å². The predicted octanol–water partition coefficient (Wildman–Crippen LogP) is 3.10. The first-order valence-electron chi connectivity index (χ1n) is 7.87. The number of aryl methyl sites for hydroxylation is 1. The first-order valence-corrected chi connectivity index (χ1v) is 7.87. The number of rotatable bonds is 7. The number of hydrogen-bond acceptors (Lipinski definition) is 4. The Hall–Kier alpha value is -1.91. The van der Waals surface area contributed by atoms with E-state index in [1.54, 1.807) is 14.2 Å². The fourth-order valence-electron chi connectivity index (χ4n) is 2.95. The second-order valence-corrected chi connectivity index (χ2v) is 5.63. The molecular formula is C17H25NO4. The van der Waals surface area contributed by atoms with Gasteiger partial charge in [-0.2, -0.15) is 0 Å². The summed E-state index contributed by atoms with van der Waals surface area (Å²) in [5.41, 5.74) is 2.07. The molecule has 0 spiro atoms. The Bertz CT molecular complexity index is 510. The summed E-state index contributed by atoms with van der Waals surface area (Å²) in [6.45, 7) is 2.08. The zero-order chi connectivity index (χ0) is 15.9. The van der Waals surface area contributed by atoms with Crippen LogP contribution in [-0.4, -0.2) is 38.4 Å². The van der Waals surface area contributed by atoms with Gasteiger partial charge < -0.3 is 19.5 Å². The van der Waals surface area contributed by atoms with Gasteiger partial charge in [0.2, 0.25) is 0 Å². The average molecular weight is 307 g/mol. The molecule has 1 aliphatic heterocycles. The van der Waals surface area contributed by atoms with Crippen LogP contribution >= 0.6 is 0 Å². The van der Waals surface area contributed by atoms with E-state index in [-0.39, 0.29) is 6.42 Å². The summed E-state index contributed by atoms with van der Waals surface area (Å²) in [5.74, 6) is 0.885. The summed E-state index contributed by atoms with van der Waals surface area (Å²) in [4.78, 5) is 13.0. The van der Waals surface area contributed by atoms with Crippen molar-refractivity contribution in [3.8, 4) is 11.5 Å². The van der Waals surface area contributed by atoms with Crippen molar-refractivity contribution in [2.75, 3.05) is 32.2 Å². The Morgan fingerprint density at radius 3 is 2.41 bits per heavy atom. The lowest BCUT2D eigenvalue weighted by Crippen LogP contribution is -2.29. The van der Waals surface area contributed by atoms with Gasteiger partial charge in [0, 0.05) is 25.6 Å². The largest absolute Gasteiger partial charge is 0.496 e. The summed E-state index contributed by atoms with van der Waals surface area (Å²) in [5, 5.41) is 8.77. The first-order chi connectivity index (χ1) is 10.7. The number of ether oxygens (including phenoxy) is 2. The van der Waals surface area contributed by atoms with E-state index in [1.165, 1.54) is 19.3 Å². The number of nitrogens with zero attached hydrogens (tertiary/aromatic N) is 1. The van der Waals surface area contributed by atoms with Crippen LogP contribution in [0.3, 0.4) is 0 Å². The number of piperidine rings is 1. The van der Waals surface area contributed by atoms with Crippen molar-refractivity contribution in [3.63, 3.8) is 0 Å². The lowest BCUT2D eigenvalue weighted by molar-refractivity contribution is -0.137. The molecule has 0 atom stereocenters. The number of hydrogen-bond donors (Lipinski definition) is 1. The number of methoxy groups -OCH3 is 2. The van der Waals surface area contributed by atoms with Crippen LogP contribution in [0.1, 0.15) is 37.7 Å². The first kappa shape index (κ1) is 16.5. The molecule has 122 valence electrons. The highest BCUT2D eigenvalue weighted by atomic mass is 16.5. The minimum Gasteiger partial charge on any atom is -0.496 e. The normalized spacial score (nSPS) is 14.7. The predicted molar refractivity (Wildman–Crippen MR) is 86.2 cm³/mol. The van der Waals surface area contributed by atoms with Gasteiger partial charge in [-0.3, -0.25) is 4.79 Å². The molecule has 22 heavy (non-hydrogen) atoms. The summed E-state index contributed by atoms with van der Waals surface area (Å²) in [6.07, 6.45) is 5.12. The monoisotopic (exact) mass is 307 g/mol. The molecule has 1 fully saturated rings. The second-order valence-electron chi connectivity index (χ2n) is 5.63. The highest BCUT2D eigenvalue weighted by molar-refractivity contribution is 5.67. The van der Waals surface area contributed by atoms with E-state index in [0.717, 1.165) is 35.8 Å². The van der Waals surface area contributed by atoms with E-state index < -0.39 is 5.97 Å². The maximum absolute atomic E-state index is 10.7. The number of anilines is 1. The molecular weight excluding hydrogens is 282 g/mol. The highest BCUT2D eigenvalue weighted by Gasteiger charge is 2.18. The molecule has 5 heteroatoms. The second kappa shape index (κ2) is 7.92. The van der Waals surface area contributed by atoms with Crippen LogP contribution in [0.25, 0.3) is 0 Å². The van der Waals surface area contributed by atoms with E-state index in [4.69, 9.17) is 14.6 Å². The molecule has 1 aliphatic rings. The molecule has 1 saturated heterocycles. The molecule has 0 aliphatic carbocycles. The molecule has 1 heterocycles. The number of carbonyl (C=O) groups is 1. The SMILES string of the molecule is COc1cc(N2CCCCC2)c(OC)cc1CCCC(=O)O. The number of carboxylic acid groups (broad SMARTS) is 1. The van der Waals surface area contributed by atoms with E-state index >= 15 is 0 Å². The third-order valence-corrected chi connectivity index (χ3v) is 4.12. The molecule has 0 unspecified atom stereocenters. The third-order valence-electron chi connectivity index (χ3n) is 4.12. The third kappa shape index (κ3) is 4.06. The van der Waals surface area contributed by atoms with E-state index in [1.807, 2.05) is 12.1 Å². The van der Waals surface area contributed by atoms with Crippen LogP contribution in [0.5, 0.6) is 11.5 Å². The van der Waals surface area contributed by atoms with Crippen LogP contribution in [0.4, 0.5) is 5.69 Å². The molecule has 2 rings (SSSR count). The summed E-state index contributed by atoms with van der Waals surface area (Å²) in [6, 6.07) is 4.02. The van der Waals surface area contributed by atoms with Crippen LogP contribution in [0.2, 0.25) is 0 Å². The van der Waals surface area contributed by atoms with Crippen molar-refractivity contribution in [1.82, 2.24) is 0 Å². The topological polar surface area (TPSA) is 59.0 Å². The summed E-state index contributed by atoms with van der Waals surface area (Å²) >= 11 is 0. The van der Waals surface area contributed by atoms with E-state index in [9.17, 15) is 4.79 Å². The zero-order valence-electron chi connectivity index (χ0n) is 13.4. The lowest BCUT2D eigenvalue weighted by Gasteiger charge is -2.30. The van der Waals surface area contributed by atoms with Crippen LogP contribution < -0.4 is 14.4 Å². The van der Waals surface area contributed by atoms with Gasteiger partial charge >= 0.3 is 5.97 Å². The van der Waals surface area contributed by atoms with Crippen LogP contribution in [0.15, 0.2) is 12.1 Å². The Labute approximate surface area is 131 Å². The number of aliphatic carboxylic acids is 1. The van der Waals surface area contributed by atoms with Gasteiger partial charge in [0.15, 0.2) is 0 Å². The molecule has 0 bridgehead atoms. The van der Waals surface area contributed by atoms with E-state index in [0.29, 0.717) is 12.8 Å².